The van der Waals surface area contributed by atoms with Crippen molar-refractivity contribution in [3.63, 3.8) is 0 Å². The summed E-state index contributed by atoms with van der Waals surface area (Å²) in [6.07, 6.45) is 3.38. The number of hydrogen-bond donors (Lipinski definition) is 1. The highest BCUT2D eigenvalue weighted by Crippen LogP contribution is 2.39. The Morgan fingerprint density at radius 1 is 1.20 bits per heavy atom. The predicted molar refractivity (Wildman–Crippen MR) is 78.2 cm³/mol. The van der Waals surface area contributed by atoms with Crippen LogP contribution in [0.25, 0.3) is 11.3 Å². The second-order valence-electron chi connectivity index (χ2n) is 5.20. The molecule has 0 bridgehead atoms. The van der Waals surface area contributed by atoms with Gasteiger partial charge in [0.05, 0.1) is 5.69 Å². The van der Waals surface area contributed by atoms with Crippen molar-refractivity contribution in [2.75, 3.05) is 11.9 Å². The summed E-state index contributed by atoms with van der Waals surface area (Å²) in [6, 6.07) is 8.39. The van der Waals surface area contributed by atoms with Crippen molar-refractivity contribution in [1.29, 1.82) is 0 Å². The van der Waals surface area contributed by atoms with E-state index in [0.717, 1.165) is 35.9 Å². The Kier molecular flexibility index (Phi) is 3.63. The lowest BCUT2D eigenvalue weighted by Gasteiger charge is -2.09. The average Bonchev–Trinajstić information content (AvgIpc) is 3.30. The minimum Gasteiger partial charge on any atom is -0.370 e. The van der Waals surface area contributed by atoms with Crippen molar-refractivity contribution in [1.82, 2.24) is 9.97 Å². The molecular formula is C16H18FN3. The predicted octanol–water partition coefficient (Wildman–Crippen LogP) is 3.98. The van der Waals surface area contributed by atoms with E-state index >= 15 is 0 Å². The molecule has 2 aromatic rings. The van der Waals surface area contributed by atoms with E-state index in [-0.39, 0.29) is 5.82 Å². The van der Waals surface area contributed by atoms with Crippen LogP contribution in [-0.4, -0.2) is 16.5 Å². The monoisotopic (exact) mass is 271 g/mol. The van der Waals surface area contributed by atoms with Gasteiger partial charge in [0.2, 0.25) is 0 Å². The van der Waals surface area contributed by atoms with E-state index in [1.165, 1.54) is 25.0 Å². The molecule has 0 unspecified atom stereocenters. The lowest BCUT2D eigenvalue weighted by atomic mass is 10.1. The van der Waals surface area contributed by atoms with Crippen LogP contribution in [0.15, 0.2) is 30.3 Å². The van der Waals surface area contributed by atoms with E-state index in [1.54, 1.807) is 12.1 Å². The van der Waals surface area contributed by atoms with Crippen LogP contribution >= 0.6 is 0 Å². The number of nitrogens with zero attached hydrogens (tertiary/aromatic N) is 2. The van der Waals surface area contributed by atoms with Crippen LogP contribution in [0, 0.1) is 5.82 Å². The first-order valence-electron chi connectivity index (χ1n) is 7.15. The summed E-state index contributed by atoms with van der Waals surface area (Å²) in [7, 11) is 0. The third-order valence-electron chi connectivity index (χ3n) is 3.38. The van der Waals surface area contributed by atoms with E-state index in [1.807, 2.05) is 6.07 Å². The van der Waals surface area contributed by atoms with Crippen molar-refractivity contribution in [3.05, 3.63) is 42.0 Å². The van der Waals surface area contributed by atoms with Gasteiger partial charge in [0, 0.05) is 24.1 Å². The number of rotatable bonds is 5. The summed E-state index contributed by atoms with van der Waals surface area (Å²) in [5.74, 6) is 2.04. The quantitative estimate of drug-likeness (QED) is 0.893. The van der Waals surface area contributed by atoms with Gasteiger partial charge in [-0.25, -0.2) is 14.4 Å². The molecule has 1 aliphatic rings. The number of aromatic nitrogens is 2. The standard InChI is InChI=1S/C16H18FN3/c1-2-9-18-15-10-14(11-5-7-13(17)8-6-11)19-16(20-15)12-3-4-12/h5-8,10,12H,2-4,9H2,1H3,(H,18,19,20). The fourth-order valence-electron chi connectivity index (χ4n) is 2.10. The first kappa shape index (κ1) is 13.0. The molecule has 0 atom stereocenters. The molecule has 3 nitrogen and oxygen atoms in total. The Morgan fingerprint density at radius 3 is 2.60 bits per heavy atom. The van der Waals surface area contributed by atoms with Crippen molar-refractivity contribution in [3.8, 4) is 11.3 Å². The highest BCUT2D eigenvalue weighted by molar-refractivity contribution is 5.62. The van der Waals surface area contributed by atoms with Gasteiger partial charge in [-0.15, -0.1) is 0 Å². The molecule has 1 heterocycles. The van der Waals surface area contributed by atoms with Crippen LogP contribution in [0.1, 0.15) is 37.9 Å². The third-order valence-corrected chi connectivity index (χ3v) is 3.38. The van der Waals surface area contributed by atoms with Gasteiger partial charge in [-0.1, -0.05) is 6.92 Å². The zero-order valence-corrected chi connectivity index (χ0v) is 11.6. The number of nitrogens with one attached hydrogen (secondary N) is 1. The third kappa shape index (κ3) is 2.95. The van der Waals surface area contributed by atoms with Gasteiger partial charge in [-0.05, 0) is 43.5 Å². The van der Waals surface area contributed by atoms with Gasteiger partial charge < -0.3 is 5.32 Å². The van der Waals surface area contributed by atoms with Gasteiger partial charge in [-0.2, -0.15) is 0 Å². The highest BCUT2D eigenvalue weighted by atomic mass is 19.1. The molecule has 1 aromatic heterocycles. The van der Waals surface area contributed by atoms with Gasteiger partial charge >= 0.3 is 0 Å². The van der Waals surface area contributed by atoms with Crippen LogP contribution in [0.2, 0.25) is 0 Å². The number of hydrogen-bond acceptors (Lipinski definition) is 3. The summed E-state index contributed by atoms with van der Waals surface area (Å²) >= 11 is 0. The molecule has 0 amide bonds. The normalized spacial score (nSPS) is 14.3. The molecule has 104 valence electrons. The molecule has 4 heteroatoms. The average molecular weight is 271 g/mol. The van der Waals surface area contributed by atoms with Gasteiger partial charge in [-0.3, -0.25) is 0 Å². The molecule has 1 saturated carbocycles. The molecule has 0 spiro atoms. The summed E-state index contributed by atoms with van der Waals surface area (Å²) < 4.78 is 13.0. The Hall–Kier alpha value is -1.97. The molecule has 1 aromatic carbocycles. The van der Waals surface area contributed by atoms with Crippen molar-refractivity contribution in [2.45, 2.75) is 32.1 Å². The molecule has 0 aliphatic heterocycles. The largest absolute Gasteiger partial charge is 0.370 e. The van der Waals surface area contributed by atoms with Crippen molar-refractivity contribution >= 4 is 5.82 Å². The van der Waals surface area contributed by atoms with Crippen LogP contribution in [0.5, 0.6) is 0 Å². The minimum absolute atomic E-state index is 0.227. The van der Waals surface area contributed by atoms with E-state index in [2.05, 4.69) is 22.2 Å². The molecule has 20 heavy (non-hydrogen) atoms. The lowest BCUT2D eigenvalue weighted by Crippen LogP contribution is -2.05. The fourth-order valence-corrected chi connectivity index (χ4v) is 2.10. The van der Waals surface area contributed by atoms with Crippen LogP contribution < -0.4 is 5.32 Å². The first-order valence-corrected chi connectivity index (χ1v) is 7.15. The van der Waals surface area contributed by atoms with E-state index in [0.29, 0.717) is 5.92 Å². The molecule has 1 N–H and O–H groups in total. The smallest absolute Gasteiger partial charge is 0.134 e. The molecule has 0 saturated heterocycles. The number of halogens is 1. The Labute approximate surface area is 118 Å². The first-order chi connectivity index (χ1) is 9.76. The van der Waals surface area contributed by atoms with E-state index < -0.39 is 0 Å². The number of anilines is 1. The van der Waals surface area contributed by atoms with Crippen molar-refractivity contribution in [2.24, 2.45) is 0 Å². The van der Waals surface area contributed by atoms with Gasteiger partial charge in [0.25, 0.3) is 0 Å². The van der Waals surface area contributed by atoms with Crippen LogP contribution in [-0.2, 0) is 0 Å². The zero-order valence-electron chi connectivity index (χ0n) is 11.6. The van der Waals surface area contributed by atoms with E-state index in [9.17, 15) is 4.39 Å². The molecule has 1 aliphatic carbocycles. The van der Waals surface area contributed by atoms with Crippen LogP contribution in [0.4, 0.5) is 10.2 Å². The van der Waals surface area contributed by atoms with Gasteiger partial charge in [0.1, 0.15) is 17.5 Å². The lowest BCUT2D eigenvalue weighted by molar-refractivity contribution is 0.628. The maximum Gasteiger partial charge on any atom is 0.134 e. The number of benzene rings is 1. The fraction of sp³-hybridized carbons (Fsp3) is 0.375. The summed E-state index contributed by atoms with van der Waals surface area (Å²) in [5, 5.41) is 3.31. The topological polar surface area (TPSA) is 37.8 Å². The Bertz CT molecular complexity index is 591. The SMILES string of the molecule is CCCNc1cc(-c2ccc(F)cc2)nc(C2CC2)n1. The van der Waals surface area contributed by atoms with Crippen molar-refractivity contribution < 1.29 is 4.39 Å². The second kappa shape index (κ2) is 5.57. The molecular weight excluding hydrogens is 253 g/mol. The zero-order chi connectivity index (χ0) is 13.9. The molecule has 0 radical (unpaired) electrons. The summed E-state index contributed by atoms with van der Waals surface area (Å²) in [6.45, 7) is 3.01. The van der Waals surface area contributed by atoms with Gasteiger partial charge in [0.15, 0.2) is 0 Å². The van der Waals surface area contributed by atoms with E-state index in [4.69, 9.17) is 0 Å². The maximum absolute atomic E-state index is 13.0. The molecule has 3 rings (SSSR count). The minimum atomic E-state index is -0.227. The summed E-state index contributed by atoms with van der Waals surface area (Å²) in [5.41, 5.74) is 1.79. The molecule has 1 fully saturated rings. The van der Waals surface area contributed by atoms with Crippen LogP contribution in [0.3, 0.4) is 0 Å². The maximum atomic E-state index is 13.0. The Balaban J connectivity index is 1.95. The summed E-state index contributed by atoms with van der Waals surface area (Å²) in [4.78, 5) is 9.21. The second-order valence-corrected chi connectivity index (χ2v) is 5.20. The Morgan fingerprint density at radius 2 is 1.95 bits per heavy atom. The highest BCUT2D eigenvalue weighted by Gasteiger charge is 2.27.